The first-order valence-corrected chi connectivity index (χ1v) is 6.70. The fraction of sp³-hybridized carbons (Fsp3) is 0.500. The van der Waals surface area contributed by atoms with Crippen LogP contribution in [0, 0.1) is 0 Å². The molecule has 0 radical (unpaired) electrons. The first-order valence-electron chi connectivity index (χ1n) is 6.32. The van der Waals surface area contributed by atoms with E-state index in [1.165, 1.54) is 12.0 Å². The van der Waals surface area contributed by atoms with E-state index in [1.807, 2.05) is 0 Å². The highest BCUT2D eigenvalue weighted by Gasteiger charge is 2.41. The minimum absolute atomic E-state index is 0.272. The van der Waals surface area contributed by atoms with Gasteiger partial charge in [0.1, 0.15) is 11.4 Å². The number of hydrogen-bond donors (Lipinski definition) is 1. The van der Waals surface area contributed by atoms with Crippen molar-refractivity contribution in [1.29, 1.82) is 0 Å². The zero-order valence-electron chi connectivity index (χ0n) is 11.1. The van der Waals surface area contributed by atoms with E-state index in [0.717, 1.165) is 12.8 Å². The van der Waals surface area contributed by atoms with Crippen molar-refractivity contribution in [3.63, 3.8) is 0 Å². The van der Waals surface area contributed by atoms with Crippen molar-refractivity contribution in [2.45, 2.75) is 31.3 Å². The average molecular weight is 284 g/mol. The fourth-order valence-corrected chi connectivity index (χ4v) is 2.72. The number of hydrogen-bond acceptors (Lipinski definition) is 3. The van der Waals surface area contributed by atoms with Crippen molar-refractivity contribution >= 4 is 23.2 Å². The Bertz CT molecular complexity index is 484. The molecule has 1 saturated carbocycles. The van der Waals surface area contributed by atoms with Crippen molar-refractivity contribution in [2.24, 2.45) is 0 Å². The van der Waals surface area contributed by atoms with E-state index in [4.69, 9.17) is 16.3 Å². The van der Waals surface area contributed by atoms with E-state index in [2.05, 4.69) is 0 Å². The second kappa shape index (κ2) is 5.39. The lowest BCUT2D eigenvalue weighted by atomic mass is 10.0. The van der Waals surface area contributed by atoms with Gasteiger partial charge in [0.15, 0.2) is 0 Å². The molecule has 4 nitrogen and oxygen atoms in total. The number of anilines is 1. The van der Waals surface area contributed by atoms with Gasteiger partial charge in [0.25, 0.3) is 5.91 Å². The van der Waals surface area contributed by atoms with E-state index >= 15 is 0 Å². The Labute approximate surface area is 117 Å². The first-order chi connectivity index (χ1) is 8.98. The number of methoxy groups -OCH3 is 1. The third-order valence-corrected chi connectivity index (χ3v) is 3.95. The van der Waals surface area contributed by atoms with Gasteiger partial charge in [-0.2, -0.15) is 0 Å². The molecule has 0 saturated heterocycles. The molecule has 1 aromatic carbocycles. The number of ether oxygens (including phenoxy) is 1. The number of benzene rings is 1. The third-order valence-electron chi connectivity index (χ3n) is 3.66. The van der Waals surface area contributed by atoms with Crippen LogP contribution in [0.3, 0.4) is 0 Å². The van der Waals surface area contributed by atoms with E-state index in [9.17, 15) is 9.90 Å². The van der Waals surface area contributed by atoms with E-state index in [-0.39, 0.29) is 5.91 Å². The van der Waals surface area contributed by atoms with E-state index in [0.29, 0.717) is 29.3 Å². The topological polar surface area (TPSA) is 49.8 Å². The molecule has 1 aromatic rings. The molecule has 0 unspecified atom stereocenters. The molecule has 1 fully saturated rings. The van der Waals surface area contributed by atoms with Crippen LogP contribution in [0.15, 0.2) is 18.2 Å². The number of nitrogens with zero attached hydrogens (tertiary/aromatic N) is 1. The second-order valence-electron chi connectivity index (χ2n) is 4.92. The minimum atomic E-state index is -1.22. The predicted molar refractivity (Wildman–Crippen MR) is 74.8 cm³/mol. The summed E-state index contributed by atoms with van der Waals surface area (Å²) >= 11 is 6.05. The lowest BCUT2D eigenvalue weighted by Gasteiger charge is -2.28. The highest BCUT2D eigenvalue weighted by molar-refractivity contribution is 6.32. The number of amides is 1. The summed E-state index contributed by atoms with van der Waals surface area (Å²) in [6.45, 7) is 0. The van der Waals surface area contributed by atoms with Gasteiger partial charge in [-0.3, -0.25) is 4.79 Å². The molecular weight excluding hydrogens is 266 g/mol. The van der Waals surface area contributed by atoms with Gasteiger partial charge in [-0.1, -0.05) is 11.6 Å². The summed E-state index contributed by atoms with van der Waals surface area (Å²) in [7, 11) is 3.19. The van der Waals surface area contributed by atoms with E-state index in [1.54, 1.807) is 25.2 Å². The molecule has 0 atom stereocenters. The fourth-order valence-electron chi connectivity index (χ4n) is 2.47. The summed E-state index contributed by atoms with van der Waals surface area (Å²) in [5.41, 5.74) is -0.572. The molecular formula is C14H18ClNO3. The molecule has 104 valence electrons. The van der Waals surface area contributed by atoms with E-state index < -0.39 is 5.60 Å². The van der Waals surface area contributed by atoms with Crippen molar-refractivity contribution in [2.75, 3.05) is 19.1 Å². The smallest absolute Gasteiger partial charge is 0.258 e. The van der Waals surface area contributed by atoms with Crippen LogP contribution in [0.25, 0.3) is 0 Å². The highest BCUT2D eigenvalue weighted by Crippen LogP contribution is 2.34. The molecule has 1 N–H and O–H groups in total. The van der Waals surface area contributed by atoms with Crippen molar-refractivity contribution < 1.29 is 14.6 Å². The standard InChI is InChI=1S/C14H18ClNO3/c1-16(13(17)14(18)7-3-4-8-14)10-5-6-12(19-2)11(15)9-10/h5-6,9,18H,3-4,7-8H2,1-2H3. The highest BCUT2D eigenvalue weighted by atomic mass is 35.5. The van der Waals surface area contributed by atoms with Gasteiger partial charge in [-0.15, -0.1) is 0 Å². The lowest BCUT2D eigenvalue weighted by Crippen LogP contribution is -2.45. The SMILES string of the molecule is COc1ccc(N(C)C(=O)C2(O)CCCC2)cc1Cl. The monoisotopic (exact) mass is 283 g/mol. The maximum atomic E-state index is 12.3. The number of carbonyl (C=O) groups is 1. The number of aliphatic hydroxyl groups is 1. The van der Waals surface area contributed by atoms with Crippen LogP contribution >= 0.6 is 11.6 Å². The molecule has 1 aliphatic carbocycles. The Balaban J connectivity index is 2.21. The largest absolute Gasteiger partial charge is 0.495 e. The molecule has 0 aliphatic heterocycles. The first kappa shape index (κ1) is 14.2. The normalized spacial score (nSPS) is 17.3. The summed E-state index contributed by atoms with van der Waals surface area (Å²) in [5.74, 6) is 0.289. The Hall–Kier alpha value is -1.26. The van der Waals surface area contributed by atoms with Gasteiger partial charge in [0, 0.05) is 12.7 Å². The van der Waals surface area contributed by atoms with Crippen LogP contribution in [0.2, 0.25) is 5.02 Å². The third kappa shape index (κ3) is 2.69. The van der Waals surface area contributed by atoms with Crippen molar-refractivity contribution in [1.82, 2.24) is 0 Å². The maximum absolute atomic E-state index is 12.3. The Kier molecular flexibility index (Phi) is 4.02. The zero-order chi connectivity index (χ0) is 14.0. The number of carbonyl (C=O) groups excluding carboxylic acids is 1. The molecule has 1 amide bonds. The molecule has 0 spiro atoms. The van der Waals surface area contributed by atoms with Crippen molar-refractivity contribution in [3.8, 4) is 5.75 Å². The van der Waals surface area contributed by atoms with Crippen molar-refractivity contribution in [3.05, 3.63) is 23.2 Å². The van der Waals surface area contributed by atoms with Gasteiger partial charge < -0.3 is 14.7 Å². The van der Waals surface area contributed by atoms with Crippen LogP contribution in [0.1, 0.15) is 25.7 Å². The lowest BCUT2D eigenvalue weighted by molar-refractivity contribution is -0.135. The summed E-state index contributed by atoms with van der Waals surface area (Å²) in [6.07, 6.45) is 2.83. The predicted octanol–water partition coefficient (Wildman–Crippen LogP) is 2.62. The molecule has 0 bridgehead atoms. The maximum Gasteiger partial charge on any atom is 0.258 e. The van der Waals surface area contributed by atoms with Gasteiger partial charge in [-0.05, 0) is 43.9 Å². The zero-order valence-corrected chi connectivity index (χ0v) is 11.9. The van der Waals surface area contributed by atoms with Crippen LogP contribution in [0.4, 0.5) is 5.69 Å². The molecule has 5 heteroatoms. The molecule has 1 aliphatic rings. The quantitative estimate of drug-likeness (QED) is 0.928. The summed E-state index contributed by atoms with van der Waals surface area (Å²) in [5, 5.41) is 10.8. The van der Waals surface area contributed by atoms with Gasteiger partial charge in [0.05, 0.1) is 12.1 Å². The van der Waals surface area contributed by atoms with Crippen LogP contribution in [-0.4, -0.2) is 30.8 Å². The Morgan fingerprint density at radius 3 is 2.58 bits per heavy atom. The summed E-state index contributed by atoms with van der Waals surface area (Å²) in [6, 6.07) is 5.12. The number of rotatable bonds is 3. The number of halogens is 1. The summed E-state index contributed by atoms with van der Waals surface area (Å²) in [4.78, 5) is 13.8. The molecule has 0 heterocycles. The second-order valence-corrected chi connectivity index (χ2v) is 5.33. The Morgan fingerprint density at radius 1 is 1.42 bits per heavy atom. The van der Waals surface area contributed by atoms with Gasteiger partial charge in [0.2, 0.25) is 0 Å². The molecule has 0 aromatic heterocycles. The average Bonchev–Trinajstić information content (AvgIpc) is 2.85. The van der Waals surface area contributed by atoms with Crippen LogP contribution in [-0.2, 0) is 4.79 Å². The van der Waals surface area contributed by atoms with Gasteiger partial charge in [-0.25, -0.2) is 0 Å². The summed E-state index contributed by atoms with van der Waals surface area (Å²) < 4.78 is 5.08. The molecule has 19 heavy (non-hydrogen) atoms. The number of likely N-dealkylation sites (N-methyl/N-ethyl adjacent to an activating group) is 1. The van der Waals surface area contributed by atoms with Gasteiger partial charge >= 0.3 is 0 Å². The van der Waals surface area contributed by atoms with Crippen LogP contribution in [0.5, 0.6) is 5.75 Å². The van der Waals surface area contributed by atoms with Crippen LogP contribution < -0.4 is 9.64 Å². The molecule has 2 rings (SSSR count). The minimum Gasteiger partial charge on any atom is -0.495 e. The Morgan fingerprint density at radius 2 is 2.05 bits per heavy atom.